The number of carbonyl (C=O) groups is 1. The molecule has 0 spiro atoms. The zero-order valence-corrected chi connectivity index (χ0v) is 14.4. The van der Waals surface area contributed by atoms with Gasteiger partial charge in [0.15, 0.2) is 0 Å². The molecule has 7 heteroatoms. The fourth-order valence-corrected chi connectivity index (χ4v) is 3.58. The van der Waals surface area contributed by atoms with Gasteiger partial charge in [0.2, 0.25) is 5.91 Å². The highest BCUT2D eigenvalue weighted by Gasteiger charge is 2.50. The van der Waals surface area contributed by atoms with Crippen molar-refractivity contribution in [3.63, 3.8) is 0 Å². The van der Waals surface area contributed by atoms with Crippen molar-refractivity contribution >= 4 is 5.91 Å². The van der Waals surface area contributed by atoms with Gasteiger partial charge in [-0.2, -0.15) is 0 Å². The molecule has 1 fully saturated rings. The normalized spacial score (nSPS) is 21.3. The average Bonchev–Trinajstić information content (AvgIpc) is 3.23. The van der Waals surface area contributed by atoms with Crippen LogP contribution in [-0.4, -0.2) is 43.9 Å². The topological polar surface area (TPSA) is 75.9 Å². The smallest absolute Gasteiger partial charge is 0.246 e. The minimum absolute atomic E-state index is 0.0387. The van der Waals surface area contributed by atoms with E-state index < -0.39 is 5.54 Å². The third-order valence-corrected chi connectivity index (χ3v) is 4.73. The van der Waals surface area contributed by atoms with Gasteiger partial charge in [0.25, 0.3) is 0 Å². The van der Waals surface area contributed by atoms with E-state index in [0.717, 1.165) is 25.2 Å². The van der Waals surface area contributed by atoms with Crippen LogP contribution in [0.15, 0.2) is 31.0 Å². The van der Waals surface area contributed by atoms with E-state index in [0.29, 0.717) is 18.3 Å². The standard InChI is InChI=1S/C17H24N6O/c1-13(2)23-10-8-21-15(23)12-22-9-4-5-17(22,16(24)18-3)14-11-19-6-7-20-14/h6-8,10-11,13H,4-5,9,12H2,1-3H3,(H,18,24)/t17-/m0/s1. The monoisotopic (exact) mass is 328 g/mol. The van der Waals surface area contributed by atoms with Crippen molar-refractivity contribution in [3.8, 4) is 0 Å². The van der Waals surface area contributed by atoms with Crippen molar-refractivity contribution in [2.24, 2.45) is 0 Å². The van der Waals surface area contributed by atoms with Crippen LogP contribution in [0.25, 0.3) is 0 Å². The molecule has 0 radical (unpaired) electrons. The molecule has 0 bridgehead atoms. The maximum Gasteiger partial charge on any atom is 0.246 e. The highest BCUT2D eigenvalue weighted by molar-refractivity contribution is 5.87. The third-order valence-electron chi connectivity index (χ3n) is 4.73. The molecule has 2 aromatic heterocycles. The fourth-order valence-electron chi connectivity index (χ4n) is 3.58. The van der Waals surface area contributed by atoms with Gasteiger partial charge in [-0.3, -0.25) is 19.7 Å². The van der Waals surface area contributed by atoms with Crippen molar-refractivity contribution < 1.29 is 4.79 Å². The van der Waals surface area contributed by atoms with Crippen molar-refractivity contribution in [3.05, 3.63) is 42.5 Å². The first-order chi connectivity index (χ1) is 11.6. The number of likely N-dealkylation sites (N-methyl/N-ethyl adjacent to an activating group) is 1. The predicted octanol–water partition coefficient (Wildman–Crippen LogP) is 1.49. The maximum absolute atomic E-state index is 12.8. The number of nitrogens with one attached hydrogen (secondary N) is 1. The molecule has 2 aromatic rings. The van der Waals surface area contributed by atoms with Crippen LogP contribution in [0.3, 0.4) is 0 Å². The first-order valence-corrected chi connectivity index (χ1v) is 8.35. The molecule has 128 valence electrons. The first kappa shape index (κ1) is 16.6. The summed E-state index contributed by atoms with van der Waals surface area (Å²) in [6, 6.07) is 0.330. The summed E-state index contributed by atoms with van der Waals surface area (Å²) < 4.78 is 2.14. The highest BCUT2D eigenvalue weighted by atomic mass is 16.2. The second-order valence-electron chi connectivity index (χ2n) is 6.40. The second kappa shape index (κ2) is 6.68. The Labute approximate surface area is 142 Å². The van der Waals surface area contributed by atoms with E-state index in [1.54, 1.807) is 25.6 Å². The first-order valence-electron chi connectivity index (χ1n) is 8.35. The van der Waals surface area contributed by atoms with Crippen molar-refractivity contribution in [1.29, 1.82) is 0 Å². The third kappa shape index (κ3) is 2.69. The lowest BCUT2D eigenvalue weighted by Gasteiger charge is -2.36. The van der Waals surface area contributed by atoms with E-state index in [-0.39, 0.29) is 5.91 Å². The Hall–Kier alpha value is -2.28. The van der Waals surface area contributed by atoms with Crippen molar-refractivity contribution in [1.82, 2.24) is 29.7 Å². The molecule has 0 aromatic carbocycles. The van der Waals surface area contributed by atoms with E-state index in [1.165, 1.54) is 0 Å². The Morgan fingerprint density at radius 1 is 1.33 bits per heavy atom. The van der Waals surface area contributed by atoms with Gasteiger partial charge in [-0.15, -0.1) is 0 Å². The number of imidazole rings is 1. The zero-order chi connectivity index (χ0) is 17.2. The summed E-state index contributed by atoms with van der Waals surface area (Å²) in [5.74, 6) is 0.923. The largest absolute Gasteiger partial charge is 0.357 e. The van der Waals surface area contributed by atoms with E-state index in [4.69, 9.17) is 0 Å². The minimum atomic E-state index is -0.781. The summed E-state index contributed by atoms with van der Waals surface area (Å²) in [4.78, 5) is 28.1. The Kier molecular flexibility index (Phi) is 4.62. The molecule has 0 aliphatic carbocycles. The molecule has 1 atom stereocenters. The Morgan fingerprint density at radius 3 is 2.83 bits per heavy atom. The lowest BCUT2D eigenvalue weighted by atomic mass is 9.90. The molecule has 1 N–H and O–H groups in total. The van der Waals surface area contributed by atoms with Crippen LogP contribution >= 0.6 is 0 Å². The molecule has 0 unspecified atom stereocenters. The van der Waals surface area contributed by atoms with Gasteiger partial charge in [-0.05, 0) is 26.7 Å². The van der Waals surface area contributed by atoms with E-state index in [1.807, 2.05) is 12.4 Å². The van der Waals surface area contributed by atoms with Gasteiger partial charge in [0.1, 0.15) is 11.4 Å². The zero-order valence-electron chi connectivity index (χ0n) is 14.4. The van der Waals surface area contributed by atoms with Gasteiger partial charge in [-0.1, -0.05) is 0 Å². The van der Waals surface area contributed by atoms with Gasteiger partial charge in [0, 0.05) is 44.4 Å². The summed E-state index contributed by atoms with van der Waals surface area (Å²) in [6.07, 6.45) is 10.4. The summed E-state index contributed by atoms with van der Waals surface area (Å²) in [7, 11) is 1.67. The molecule has 1 saturated heterocycles. The molecule has 0 saturated carbocycles. The SMILES string of the molecule is CNC(=O)[C@@]1(c2cnccn2)CCCN1Cc1nccn1C(C)C. The summed E-state index contributed by atoms with van der Waals surface area (Å²) in [5, 5.41) is 2.82. The lowest BCUT2D eigenvalue weighted by molar-refractivity contribution is -0.132. The van der Waals surface area contributed by atoms with E-state index in [9.17, 15) is 4.79 Å². The highest BCUT2D eigenvalue weighted by Crippen LogP contribution is 2.39. The van der Waals surface area contributed by atoms with Gasteiger partial charge < -0.3 is 9.88 Å². The average molecular weight is 328 g/mol. The molecule has 1 aliphatic heterocycles. The minimum Gasteiger partial charge on any atom is -0.357 e. The molecule has 1 aliphatic rings. The van der Waals surface area contributed by atoms with E-state index >= 15 is 0 Å². The van der Waals surface area contributed by atoms with Crippen LogP contribution in [0.2, 0.25) is 0 Å². The lowest BCUT2D eigenvalue weighted by Crippen LogP contribution is -2.52. The summed E-state index contributed by atoms with van der Waals surface area (Å²) in [5.41, 5.74) is -0.0824. The fraction of sp³-hybridized carbons (Fsp3) is 0.529. The van der Waals surface area contributed by atoms with Gasteiger partial charge in [0.05, 0.1) is 18.4 Å². The molecular weight excluding hydrogens is 304 g/mol. The number of hydrogen-bond donors (Lipinski definition) is 1. The number of rotatable bonds is 5. The molecule has 3 heterocycles. The number of amides is 1. The number of hydrogen-bond acceptors (Lipinski definition) is 5. The molecule has 24 heavy (non-hydrogen) atoms. The van der Waals surface area contributed by atoms with Crippen LogP contribution in [0.4, 0.5) is 0 Å². The van der Waals surface area contributed by atoms with Crippen LogP contribution in [-0.2, 0) is 16.9 Å². The maximum atomic E-state index is 12.8. The number of aromatic nitrogens is 4. The number of nitrogens with zero attached hydrogens (tertiary/aromatic N) is 5. The molecular formula is C17H24N6O. The van der Waals surface area contributed by atoms with Crippen LogP contribution in [0, 0.1) is 0 Å². The van der Waals surface area contributed by atoms with Crippen molar-refractivity contribution in [2.45, 2.75) is 44.8 Å². The van der Waals surface area contributed by atoms with Gasteiger partial charge >= 0.3 is 0 Å². The van der Waals surface area contributed by atoms with Crippen LogP contribution in [0.5, 0.6) is 0 Å². The number of likely N-dealkylation sites (tertiary alicyclic amines) is 1. The summed E-state index contributed by atoms with van der Waals surface area (Å²) >= 11 is 0. The van der Waals surface area contributed by atoms with Crippen LogP contribution in [0.1, 0.15) is 44.2 Å². The molecule has 7 nitrogen and oxygen atoms in total. The summed E-state index contributed by atoms with van der Waals surface area (Å²) in [6.45, 7) is 5.69. The van der Waals surface area contributed by atoms with Crippen LogP contribution < -0.4 is 5.32 Å². The Morgan fingerprint density at radius 2 is 2.17 bits per heavy atom. The number of carbonyl (C=O) groups excluding carboxylic acids is 1. The van der Waals surface area contributed by atoms with Gasteiger partial charge in [-0.25, -0.2) is 4.98 Å². The Balaban J connectivity index is 1.99. The second-order valence-corrected chi connectivity index (χ2v) is 6.40. The quantitative estimate of drug-likeness (QED) is 0.900. The van der Waals surface area contributed by atoms with Crippen molar-refractivity contribution in [2.75, 3.05) is 13.6 Å². The van der Waals surface area contributed by atoms with E-state index in [2.05, 4.69) is 43.6 Å². The predicted molar refractivity (Wildman–Crippen MR) is 90.0 cm³/mol. The Bertz CT molecular complexity index is 698. The molecule has 3 rings (SSSR count). The molecule has 1 amide bonds.